The summed E-state index contributed by atoms with van der Waals surface area (Å²) in [6.07, 6.45) is 1.98. The normalized spacial score (nSPS) is 16.4. The van der Waals surface area contributed by atoms with Crippen LogP contribution < -0.4 is 10.1 Å². The molecule has 1 fully saturated rings. The first-order valence-electron chi connectivity index (χ1n) is 10.4. The van der Waals surface area contributed by atoms with Crippen LogP contribution in [0.1, 0.15) is 24.4 Å². The van der Waals surface area contributed by atoms with Crippen molar-refractivity contribution in [2.24, 2.45) is 0 Å². The number of fused-ring (bicyclic) bond motifs is 1. The van der Waals surface area contributed by atoms with Crippen LogP contribution in [0.25, 0.3) is 10.8 Å². The highest BCUT2D eigenvalue weighted by Crippen LogP contribution is 2.32. The van der Waals surface area contributed by atoms with Crippen molar-refractivity contribution in [2.45, 2.75) is 24.9 Å². The molecule has 0 saturated carbocycles. The highest BCUT2D eigenvalue weighted by Gasteiger charge is 2.26. The number of amides is 2. The number of carbonyl (C=O) groups excluding carboxylic acids is 1. The summed E-state index contributed by atoms with van der Waals surface area (Å²) >= 11 is 0. The average Bonchev–Trinajstić information content (AvgIpc) is 2.77. The number of rotatable bonds is 8. The molecular weight excluding hydrogens is 382 g/mol. The maximum atomic E-state index is 13.0. The van der Waals surface area contributed by atoms with Crippen molar-refractivity contribution in [1.29, 1.82) is 0 Å². The molecule has 7 heteroatoms. The number of carbonyl (C=O) groups is 1. The summed E-state index contributed by atoms with van der Waals surface area (Å²) in [4.78, 5) is 17.2. The average molecular weight is 416 g/mol. The molecule has 0 aliphatic carbocycles. The van der Waals surface area contributed by atoms with Crippen LogP contribution in [0.2, 0.25) is 0 Å². The van der Waals surface area contributed by atoms with E-state index in [1.54, 1.807) is 14.2 Å². The van der Waals surface area contributed by atoms with Gasteiger partial charge in [0.1, 0.15) is 5.75 Å². The van der Waals surface area contributed by atoms with Gasteiger partial charge >= 0.3 is 6.03 Å². The highest BCUT2D eigenvalue weighted by molar-refractivity contribution is 5.91. The number of nitrogens with one attached hydrogen (secondary N) is 1. The van der Waals surface area contributed by atoms with E-state index >= 15 is 0 Å². The third kappa shape index (κ3) is 5.22. The Morgan fingerprint density at radius 3 is 2.50 bits per heavy atom. The quantitative estimate of drug-likeness (QED) is 0.671. The fourth-order valence-corrected chi connectivity index (χ4v) is 4.02. The van der Waals surface area contributed by atoms with Gasteiger partial charge in [-0.05, 0) is 50.0 Å². The molecule has 2 amide bonds. The molecule has 164 valence electrons. The number of hydrogen-bond donors (Lipinski definition) is 1. The van der Waals surface area contributed by atoms with Gasteiger partial charge in [0.05, 0.1) is 12.6 Å². The number of benzene rings is 2. The summed E-state index contributed by atoms with van der Waals surface area (Å²) in [7, 11) is 7.25. The Balaban J connectivity index is 1.82. The van der Waals surface area contributed by atoms with Crippen molar-refractivity contribution < 1.29 is 19.0 Å². The van der Waals surface area contributed by atoms with Gasteiger partial charge in [-0.25, -0.2) is 4.79 Å². The zero-order valence-electron chi connectivity index (χ0n) is 18.4. The van der Waals surface area contributed by atoms with E-state index in [1.165, 1.54) is 0 Å². The Morgan fingerprint density at radius 1 is 1.13 bits per heavy atom. The number of urea groups is 1. The van der Waals surface area contributed by atoms with Gasteiger partial charge in [-0.2, -0.15) is 0 Å². The third-order valence-electron chi connectivity index (χ3n) is 5.81. The van der Waals surface area contributed by atoms with E-state index in [9.17, 15) is 4.79 Å². The molecule has 1 unspecified atom stereocenters. The first kappa shape index (κ1) is 22.3. The van der Waals surface area contributed by atoms with Crippen molar-refractivity contribution in [1.82, 2.24) is 15.1 Å². The minimum Gasteiger partial charge on any atom is -0.467 e. The first-order chi connectivity index (χ1) is 14.5. The third-order valence-corrected chi connectivity index (χ3v) is 5.81. The Bertz CT molecular complexity index is 836. The topological polar surface area (TPSA) is 63.3 Å². The summed E-state index contributed by atoms with van der Waals surface area (Å²) in [6.45, 7) is 2.59. The number of ether oxygens (including phenoxy) is 3. The molecule has 1 N–H and O–H groups in total. The van der Waals surface area contributed by atoms with E-state index in [1.807, 2.05) is 48.3 Å². The predicted molar refractivity (Wildman–Crippen MR) is 118 cm³/mol. The van der Waals surface area contributed by atoms with Gasteiger partial charge in [0.15, 0.2) is 6.79 Å². The van der Waals surface area contributed by atoms with Gasteiger partial charge in [0, 0.05) is 32.7 Å². The fourth-order valence-electron chi connectivity index (χ4n) is 4.02. The lowest BCUT2D eigenvalue weighted by Gasteiger charge is -2.36. The smallest absolute Gasteiger partial charge is 0.317 e. The maximum Gasteiger partial charge on any atom is 0.317 e. The molecule has 1 aliphatic heterocycles. The predicted octanol–water partition coefficient (Wildman–Crippen LogP) is 3.25. The van der Waals surface area contributed by atoms with E-state index in [-0.39, 0.29) is 24.9 Å². The molecule has 1 saturated heterocycles. The summed E-state index contributed by atoms with van der Waals surface area (Å²) in [5, 5.41) is 5.18. The van der Waals surface area contributed by atoms with Gasteiger partial charge < -0.3 is 29.3 Å². The number of methoxy groups -OCH3 is 2. The van der Waals surface area contributed by atoms with Crippen LogP contribution in [0.15, 0.2) is 36.4 Å². The van der Waals surface area contributed by atoms with Gasteiger partial charge in [0.2, 0.25) is 0 Å². The Kier molecular flexibility index (Phi) is 7.90. The Labute approximate surface area is 178 Å². The summed E-state index contributed by atoms with van der Waals surface area (Å²) in [5.74, 6) is 0.752. The maximum absolute atomic E-state index is 13.0. The SMILES string of the molecule is COCOc1ccc(C(COC)NC(=O)N(C)C2CCN(C)CC2)c2ccccc12. The molecule has 1 aliphatic rings. The lowest BCUT2D eigenvalue weighted by Crippen LogP contribution is -2.49. The van der Waals surface area contributed by atoms with Crippen LogP contribution >= 0.6 is 0 Å². The second-order valence-corrected chi connectivity index (χ2v) is 7.85. The molecule has 2 aromatic carbocycles. The number of piperidine rings is 1. The molecule has 2 aromatic rings. The molecule has 0 aromatic heterocycles. The van der Waals surface area contributed by atoms with Crippen molar-refractivity contribution in [3.63, 3.8) is 0 Å². The minimum atomic E-state index is -0.266. The molecular formula is C23H33N3O4. The standard InChI is InChI=1S/C23H33N3O4/c1-25-13-11-17(12-14-25)26(2)23(27)24-21(15-28-3)19-9-10-22(30-16-29-4)20-8-6-5-7-18(19)20/h5-10,17,21H,11-16H2,1-4H3,(H,24,27). The van der Waals surface area contributed by atoms with Crippen molar-refractivity contribution in [3.8, 4) is 5.75 Å². The van der Waals surface area contributed by atoms with Crippen molar-refractivity contribution in [2.75, 3.05) is 54.8 Å². The number of hydrogen-bond acceptors (Lipinski definition) is 5. The van der Waals surface area contributed by atoms with Gasteiger partial charge in [-0.3, -0.25) is 0 Å². The number of nitrogens with zero attached hydrogens (tertiary/aromatic N) is 2. The van der Waals surface area contributed by atoms with E-state index in [0.29, 0.717) is 6.61 Å². The van der Waals surface area contributed by atoms with E-state index < -0.39 is 0 Å². The Morgan fingerprint density at radius 2 is 1.83 bits per heavy atom. The molecule has 1 heterocycles. The fraction of sp³-hybridized carbons (Fsp3) is 0.522. The molecule has 3 rings (SSSR count). The van der Waals surface area contributed by atoms with Gasteiger partial charge in [0.25, 0.3) is 0 Å². The van der Waals surface area contributed by atoms with Crippen LogP contribution in [-0.4, -0.2) is 76.7 Å². The molecule has 0 radical (unpaired) electrons. The van der Waals surface area contributed by atoms with Crippen LogP contribution in [-0.2, 0) is 9.47 Å². The van der Waals surface area contributed by atoms with E-state index in [2.05, 4.69) is 17.3 Å². The zero-order chi connectivity index (χ0) is 21.5. The summed E-state index contributed by atoms with van der Waals surface area (Å²) < 4.78 is 16.2. The second kappa shape index (κ2) is 10.6. The zero-order valence-corrected chi connectivity index (χ0v) is 18.4. The van der Waals surface area contributed by atoms with Crippen molar-refractivity contribution >= 4 is 16.8 Å². The molecule has 30 heavy (non-hydrogen) atoms. The van der Waals surface area contributed by atoms with Gasteiger partial charge in [-0.15, -0.1) is 0 Å². The minimum absolute atomic E-state index is 0.0737. The van der Waals surface area contributed by atoms with Crippen LogP contribution in [0.4, 0.5) is 4.79 Å². The summed E-state index contributed by atoms with van der Waals surface area (Å²) in [5.41, 5.74) is 1.00. The summed E-state index contributed by atoms with van der Waals surface area (Å²) in [6, 6.07) is 11.9. The van der Waals surface area contributed by atoms with Crippen molar-refractivity contribution in [3.05, 3.63) is 42.0 Å². The largest absolute Gasteiger partial charge is 0.467 e. The molecule has 1 atom stereocenters. The highest BCUT2D eigenvalue weighted by atomic mass is 16.7. The lowest BCUT2D eigenvalue weighted by molar-refractivity contribution is 0.0522. The number of likely N-dealkylation sites (tertiary alicyclic amines) is 1. The van der Waals surface area contributed by atoms with Crippen LogP contribution in [0.3, 0.4) is 0 Å². The lowest BCUT2D eigenvalue weighted by atomic mass is 9.98. The van der Waals surface area contributed by atoms with Gasteiger partial charge in [-0.1, -0.05) is 30.3 Å². The Hall–Kier alpha value is -2.35. The molecule has 0 bridgehead atoms. The monoisotopic (exact) mass is 415 g/mol. The first-order valence-corrected chi connectivity index (χ1v) is 10.4. The molecule has 0 spiro atoms. The van der Waals surface area contributed by atoms with Crippen LogP contribution in [0, 0.1) is 0 Å². The van der Waals surface area contributed by atoms with E-state index in [4.69, 9.17) is 14.2 Å². The van der Waals surface area contributed by atoms with Crippen LogP contribution in [0.5, 0.6) is 5.75 Å². The molecule has 7 nitrogen and oxygen atoms in total. The van der Waals surface area contributed by atoms with E-state index in [0.717, 1.165) is 48.0 Å². The second-order valence-electron chi connectivity index (χ2n) is 7.85.